The minimum absolute atomic E-state index is 0.623. The Morgan fingerprint density at radius 2 is 2.32 bits per heavy atom. The molecule has 1 aromatic rings. The lowest BCUT2D eigenvalue weighted by atomic mass is 10.00. The summed E-state index contributed by atoms with van der Waals surface area (Å²) in [5.74, 6) is 1.32. The van der Waals surface area contributed by atoms with E-state index in [-0.39, 0.29) is 0 Å². The van der Waals surface area contributed by atoms with Gasteiger partial charge in [-0.1, -0.05) is 37.2 Å². The van der Waals surface area contributed by atoms with Crippen molar-refractivity contribution in [2.24, 2.45) is 11.8 Å². The summed E-state index contributed by atoms with van der Waals surface area (Å²) in [5.41, 5.74) is 1.31. The Kier molecular flexibility index (Phi) is 5.29. The molecule has 104 valence electrons. The summed E-state index contributed by atoms with van der Waals surface area (Å²) in [7, 11) is 0. The van der Waals surface area contributed by atoms with Crippen molar-refractivity contribution >= 4 is 11.6 Å². The zero-order chi connectivity index (χ0) is 13.7. The lowest BCUT2D eigenvalue weighted by Gasteiger charge is -2.15. The highest BCUT2D eigenvalue weighted by Gasteiger charge is 2.29. The van der Waals surface area contributed by atoms with Crippen LogP contribution < -0.4 is 0 Å². The lowest BCUT2D eigenvalue weighted by Crippen LogP contribution is -2.24. The number of hydrogen-bond donors (Lipinski definition) is 0. The number of nitrogens with zero attached hydrogens (tertiary/aromatic N) is 1. The van der Waals surface area contributed by atoms with E-state index in [1.54, 1.807) is 6.26 Å². The van der Waals surface area contributed by atoms with Gasteiger partial charge in [0.2, 0.25) is 0 Å². The Hall–Kier alpha value is -0.990. The molecule has 1 heterocycles. The predicted octanol–water partition coefficient (Wildman–Crippen LogP) is 3.61. The molecule has 0 spiro atoms. The zero-order valence-corrected chi connectivity index (χ0v) is 12.3. The van der Waals surface area contributed by atoms with E-state index in [2.05, 4.69) is 30.5 Å². The molecule has 0 aromatic heterocycles. The summed E-state index contributed by atoms with van der Waals surface area (Å²) in [6.07, 6.45) is 2.60. The SMILES string of the molecule is C=COCC1CN(CCc2cccc(Cl)c2)CC1C. The first kappa shape index (κ1) is 14.4. The first-order valence-electron chi connectivity index (χ1n) is 6.88. The van der Waals surface area contributed by atoms with Crippen LogP contribution in [0.1, 0.15) is 12.5 Å². The van der Waals surface area contributed by atoms with Crippen LogP contribution in [0, 0.1) is 11.8 Å². The fourth-order valence-electron chi connectivity index (χ4n) is 2.71. The molecule has 1 saturated heterocycles. The maximum absolute atomic E-state index is 6.00. The fourth-order valence-corrected chi connectivity index (χ4v) is 2.93. The Balaban J connectivity index is 1.79. The topological polar surface area (TPSA) is 12.5 Å². The second-order valence-corrected chi connectivity index (χ2v) is 5.81. The van der Waals surface area contributed by atoms with Gasteiger partial charge in [0, 0.05) is 30.6 Å². The molecule has 0 amide bonds. The highest BCUT2D eigenvalue weighted by Crippen LogP contribution is 2.23. The molecule has 2 atom stereocenters. The Labute approximate surface area is 121 Å². The summed E-state index contributed by atoms with van der Waals surface area (Å²) in [5, 5.41) is 0.824. The third kappa shape index (κ3) is 4.26. The van der Waals surface area contributed by atoms with Gasteiger partial charge >= 0.3 is 0 Å². The van der Waals surface area contributed by atoms with Gasteiger partial charge in [-0.25, -0.2) is 0 Å². The van der Waals surface area contributed by atoms with Crippen LogP contribution in [0.5, 0.6) is 0 Å². The first-order chi connectivity index (χ1) is 9.19. The van der Waals surface area contributed by atoms with Crippen molar-refractivity contribution in [3.8, 4) is 0 Å². The number of hydrogen-bond acceptors (Lipinski definition) is 2. The Bertz CT molecular complexity index is 421. The van der Waals surface area contributed by atoms with Crippen LogP contribution in [0.25, 0.3) is 0 Å². The molecule has 0 radical (unpaired) electrons. The van der Waals surface area contributed by atoms with E-state index in [1.165, 1.54) is 5.56 Å². The summed E-state index contributed by atoms with van der Waals surface area (Å²) < 4.78 is 5.33. The van der Waals surface area contributed by atoms with Crippen LogP contribution in [-0.4, -0.2) is 31.1 Å². The molecule has 2 unspecified atom stereocenters. The standard InChI is InChI=1S/C16H22ClNO/c1-3-19-12-15-11-18(10-13(15)2)8-7-14-5-4-6-16(17)9-14/h3-6,9,13,15H,1,7-8,10-12H2,2H3. The predicted molar refractivity (Wildman–Crippen MR) is 80.4 cm³/mol. The van der Waals surface area contributed by atoms with Gasteiger partial charge < -0.3 is 9.64 Å². The van der Waals surface area contributed by atoms with Crippen LogP contribution in [0.4, 0.5) is 0 Å². The van der Waals surface area contributed by atoms with Gasteiger partial charge in [0.05, 0.1) is 12.9 Å². The largest absolute Gasteiger partial charge is 0.501 e. The molecule has 2 nitrogen and oxygen atoms in total. The van der Waals surface area contributed by atoms with E-state index in [0.29, 0.717) is 11.8 Å². The summed E-state index contributed by atoms with van der Waals surface area (Å²) >= 11 is 6.00. The van der Waals surface area contributed by atoms with Gasteiger partial charge in [0.25, 0.3) is 0 Å². The molecular weight excluding hydrogens is 258 g/mol. The van der Waals surface area contributed by atoms with Gasteiger partial charge in [0.1, 0.15) is 0 Å². The second-order valence-electron chi connectivity index (χ2n) is 5.38. The molecule has 0 bridgehead atoms. The van der Waals surface area contributed by atoms with Gasteiger partial charge in [0.15, 0.2) is 0 Å². The summed E-state index contributed by atoms with van der Waals surface area (Å²) in [6.45, 7) is 10.1. The first-order valence-corrected chi connectivity index (χ1v) is 7.26. The van der Waals surface area contributed by atoms with Crippen LogP contribution in [-0.2, 0) is 11.2 Å². The Morgan fingerprint density at radius 1 is 1.47 bits per heavy atom. The van der Waals surface area contributed by atoms with E-state index in [1.807, 2.05) is 12.1 Å². The molecule has 19 heavy (non-hydrogen) atoms. The van der Waals surface area contributed by atoms with Crippen molar-refractivity contribution in [3.63, 3.8) is 0 Å². The normalized spacial score (nSPS) is 23.5. The molecule has 0 N–H and O–H groups in total. The van der Waals surface area contributed by atoms with Gasteiger partial charge in [-0.15, -0.1) is 0 Å². The van der Waals surface area contributed by atoms with Crippen molar-refractivity contribution in [1.29, 1.82) is 0 Å². The highest BCUT2D eigenvalue weighted by atomic mass is 35.5. The van der Waals surface area contributed by atoms with Crippen molar-refractivity contribution in [2.75, 3.05) is 26.2 Å². The van der Waals surface area contributed by atoms with E-state index in [9.17, 15) is 0 Å². The van der Waals surface area contributed by atoms with Crippen molar-refractivity contribution < 1.29 is 4.74 Å². The Morgan fingerprint density at radius 3 is 3.05 bits per heavy atom. The number of likely N-dealkylation sites (tertiary alicyclic amines) is 1. The molecule has 1 aliphatic heterocycles. The molecule has 0 saturated carbocycles. The molecule has 1 fully saturated rings. The average Bonchev–Trinajstić information content (AvgIpc) is 2.75. The van der Waals surface area contributed by atoms with Crippen LogP contribution in [0.2, 0.25) is 5.02 Å². The summed E-state index contributed by atoms with van der Waals surface area (Å²) in [6, 6.07) is 8.14. The highest BCUT2D eigenvalue weighted by molar-refractivity contribution is 6.30. The third-order valence-corrected chi connectivity index (χ3v) is 4.11. The van der Waals surface area contributed by atoms with Crippen molar-refractivity contribution in [1.82, 2.24) is 4.90 Å². The molecule has 2 rings (SSSR count). The zero-order valence-electron chi connectivity index (χ0n) is 11.5. The van der Waals surface area contributed by atoms with Crippen molar-refractivity contribution in [3.05, 3.63) is 47.7 Å². The fraction of sp³-hybridized carbons (Fsp3) is 0.500. The van der Waals surface area contributed by atoms with Crippen LogP contribution >= 0.6 is 11.6 Å². The van der Waals surface area contributed by atoms with Crippen LogP contribution in [0.15, 0.2) is 37.1 Å². The molecular formula is C16H22ClNO. The molecule has 3 heteroatoms. The smallest absolute Gasteiger partial charge is 0.0916 e. The quantitative estimate of drug-likeness (QED) is 0.738. The maximum atomic E-state index is 6.00. The monoisotopic (exact) mass is 279 g/mol. The second kappa shape index (κ2) is 6.97. The maximum Gasteiger partial charge on any atom is 0.0916 e. The minimum Gasteiger partial charge on any atom is -0.501 e. The van der Waals surface area contributed by atoms with Gasteiger partial charge in [-0.2, -0.15) is 0 Å². The summed E-state index contributed by atoms with van der Waals surface area (Å²) in [4.78, 5) is 2.52. The molecule has 1 aromatic carbocycles. The third-order valence-electron chi connectivity index (χ3n) is 3.88. The van der Waals surface area contributed by atoms with Gasteiger partial charge in [-0.3, -0.25) is 0 Å². The van der Waals surface area contributed by atoms with Gasteiger partial charge in [-0.05, 0) is 30.0 Å². The number of benzene rings is 1. The number of halogens is 1. The molecule has 0 aliphatic carbocycles. The van der Waals surface area contributed by atoms with E-state index in [4.69, 9.17) is 16.3 Å². The molecule has 1 aliphatic rings. The average molecular weight is 280 g/mol. The van der Waals surface area contributed by atoms with E-state index >= 15 is 0 Å². The number of ether oxygens (including phenoxy) is 1. The van der Waals surface area contributed by atoms with Crippen LogP contribution in [0.3, 0.4) is 0 Å². The van der Waals surface area contributed by atoms with E-state index < -0.39 is 0 Å². The van der Waals surface area contributed by atoms with E-state index in [0.717, 1.165) is 37.7 Å². The number of rotatable bonds is 6. The lowest BCUT2D eigenvalue weighted by molar-refractivity contribution is 0.179. The van der Waals surface area contributed by atoms with Crippen molar-refractivity contribution in [2.45, 2.75) is 13.3 Å². The minimum atomic E-state index is 0.623.